The lowest BCUT2D eigenvalue weighted by molar-refractivity contribution is 0.0992. The lowest BCUT2D eigenvalue weighted by Crippen LogP contribution is -2.26. The molecule has 100 valence electrons. The van der Waals surface area contributed by atoms with Crippen LogP contribution in [0.1, 0.15) is 33.3 Å². The van der Waals surface area contributed by atoms with Gasteiger partial charge in [-0.3, -0.25) is 0 Å². The Morgan fingerprint density at radius 1 is 1.33 bits per heavy atom. The fourth-order valence-electron chi connectivity index (χ4n) is 1.14. The predicted octanol–water partition coefficient (Wildman–Crippen LogP) is 3.12. The molecule has 0 radical (unpaired) electrons. The van der Waals surface area contributed by atoms with E-state index < -0.39 is 11.4 Å². The highest BCUT2D eigenvalue weighted by Gasteiger charge is 2.25. The summed E-state index contributed by atoms with van der Waals surface area (Å²) in [5.41, 5.74) is 1.12. The van der Waals surface area contributed by atoms with E-state index in [1.807, 2.05) is 58.0 Å². The van der Waals surface area contributed by atoms with Gasteiger partial charge in [0.05, 0.1) is 18.9 Å². The van der Waals surface area contributed by atoms with Crippen LogP contribution >= 0.6 is 0 Å². The second-order valence-corrected chi connectivity index (χ2v) is 7.05. The Morgan fingerprint density at radius 2 is 1.94 bits per heavy atom. The highest BCUT2D eigenvalue weighted by atomic mass is 32.2. The molecule has 1 aromatic carbocycles. The van der Waals surface area contributed by atoms with E-state index in [1.165, 1.54) is 0 Å². The summed E-state index contributed by atoms with van der Waals surface area (Å²) in [6.45, 7) is 8.13. The van der Waals surface area contributed by atoms with Gasteiger partial charge in [-0.2, -0.15) is 0 Å². The van der Waals surface area contributed by atoms with Crippen LogP contribution in [0.4, 0.5) is 0 Å². The minimum Gasteiger partial charge on any atom is -0.591 e. The number of hydrogen-bond acceptors (Lipinski definition) is 3. The first-order valence-corrected chi connectivity index (χ1v) is 7.12. The Bertz CT molecular complexity index is 373. The summed E-state index contributed by atoms with van der Waals surface area (Å²) in [7, 11) is 0. The molecule has 1 unspecified atom stereocenters. The van der Waals surface area contributed by atoms with Crippen molar-refractivity contribution < 1.29 is 9.29 Å². The zero-order chi connectivity index (χ0) is 13.6. The zero-order valence-corrected chi connectivity index (χ0v) is 12.2. The quantitative estimate of drug-likeness (QED) is 0.607. The van der Waals surface area contributed by atoms with Crippen LogP contribution in [0.5, 0.6) is 0 Å². The second kappa shape index (κ2) is 6.92. The average Bonchev–Trinajstić information content (AvgIpc) is 2.33. The molecule has 0 aliphatic carbocycles. The van der Waals surface area contributed by atoms with E-state index in [0.717, 1.165) is 5.56 Å². The fourth-order valence-corrected chi connectivity index (χ4v) is 1.74. The highest BCUT2D eigenvalue weighted by molar-refractivity contribution is 7.91. The molecule has 4 heteroatoms. The lowest BCUT2D eigenvalue weighted by atomic mass is 10.2. The summed E-state index contributed by atoms with van der Waals surface area (Å²) in [6, 6.07) is 9.95. The maximum Gasteiger partial charge on any atom is 0.144 e. The number of hydrogen-bond donors (Lipinski definition) is 0. The van der Waals surface area contributed by atoms with Crippen molar-refractivity contribution in [3.05, 3.63) is 35.9 Å². The van der Waals surface area contributed by atoms with Crippen LogP contribution in [0.2, 0.25) is 0 Å². The van der Waals surface area contributed by atoms with Crippen molar-refractivity contribution in [3.63, 3.8) is 0 Å². The van der Waals surface area contributed by atoms with Gasteiger partial charge in [-0.1, -0.05) is 34.7 Å². The van der Waals surface area contributed by atoms with E-state index in [1.54, 1.807) is 6.21 Å². The first kappa shape index (κ1) is 15.2. The van der Waals surface area contributed by atoms with Crippen LogP contribution in [-0.2, 0) is 22.7 Å². The molecule has 0 aliphatic rings. The topological polar surface area (TPSA) is 44.7 Å². The van der Waals surface area contributed by atoms with E-state index in [4.69, 9.17) is 4.74 Å². The Morgan fingerprint density at radius 3 is 2.50 bits per heavy atom. The Balaban J connectivity index is 2.38. The van der Waals surface area contributed by atoms with Gasteiger partial charge in [-0.15, -0.1) is 0 Å². The van der Waals surface area contributed by atoms with E-state index in [2.05, 4.69) is 4.40 Å². The van der Waals surface area contributed by atoms with Crippen LogP contribution in [0.3, 0.4) is 0 Å². The Kier molecular flexibility index (Phi) is 5.85. The van der Waals surface area contributed by atoms with Crippen LogP contribution in [-0.4, -0.2) is 21.6 Å². The molecule has 2 atom stereocenters. The van der Waals surface area contributed by atoms with E-state index in [0.29, 0.717) is 6.61 Å². The minimum atomic E-state index is -1.22. The molecular formula is C14H21NO2S. The molecule has 0 amide bonds. The van der Waals surface area contributed by atoms with Crippen molar-refractivity contribution in [2.75, 3.05) is 0 Å². The predicted molar refractivity (Wildman–Crippen MR) is 77.1 cm³/mol. The molecule has 0 heterocycles. The molecule has 0 bridgehead atoms. The third kappa shape index (κ3) is 5.67. The van der Waals surface area contributed by atoms with Crippen molar-refractivity contribution >= 4 is 17.6 Å². The van der Waals surface area contributed by atoms with Crippen LogP contribution in [0.15, 0.2) is 34.7 Å². The van der Waals surface area contributed by atoms with Gasteiger partial charge in [0.2, 0.25) is 0 Å². The SMILES string of the molecule is C[C@@H](C=N[S+]([O-])C(C)(C)C)OCc1ccccc1. The van der Waals surface area contributed by atoms with Gasteiger partial charge in [0.15, 0.2) is 0 Å². The maximum atomic E-state index is 11.7. The standard InChI is InChI=1S/C14H21NO2S/c1-12(10-15-18(16)14(2,3)4)17-11-13-8-6-5-7-9-13/h5-10,12H,11H2,1-4H3/t12-,18?/m0/s1. The molecule has 3 nitrogen and oxygen atoms in total. The third-order valence-electron chi connectivity index (χ3n) is 2.25. The van der Waals surface area contributed by atoms with Gasteiger partial charge in [0.25, 0.3) is 0 Å². The number of nitrogens with zero attached hydrogens (tertiary/aromatic N) is 1. The van der Waals surface area contributed by atoms with E-state index in [-0.39, 0.29) is 10.9 Å². The molecule has 1 aromatic rings. The van der Waals surface area contributed by atoms with Crippen LogP contribution in [0.25, 0.3) is 0 Å². The fraction of sp³-hybridized carbons (Fsp3) is 0.500. The molecule has 0 spiro atoms. The summed E-state index contributed by atoms with van der Waals surface area (Å²) in [4.78, 5) is 0. The first-order valence-electron chi connectivity index (χ1n) is 6.01. The van der Waals surface area contributed by atoms with Crippen LogP contribution < -0.4 is 0 Å². The lowest BCUT2D eigenvalue weighted by Gasteiger charge is -2.18. The van der Waals surface area contributed by atoms with Crippen molar-refractivity contribution in [2.24, 2.45) is 4.40 Å². The molecule has 0 saturated heterocycles. The minimum absolute atomic E-state index is 0.142. The maximum absolute atomic E-state index is 11.7. The molecule has 0 saturated carbocycles. The highest BCUT2D eigenvalue weighted by Crippen LogP contribution is 2.16. The largest absolute Gasteiger partial charge is 0.591 e. The molecule has 0 aromatic heterocycles. The number of ether oxygens (including phenoxy) is 1. The van der Waals surface area contributed by atoms with Gasteiger partial charge < -0.3 is 9.29 Å². The monoisotopic (exact) mass is 267 g/mol. The first-order chi connectivity index (χ1) is 8.39. The van der Waals surface area contributed by atoms with Crippen molar-refractivity contribution in [1.29, 1.82) is 0 Å². The second-order valence-electron chi connectivity index (χ2n) is 5.12. The normalized spacial score (nSPS) is 15.8. The molecule has 1 rings (SSSR count). The average molecular weight is 267 g/mol. The van der Waals surface area contributed by atoms with E-state index in [9.17, 15) is 4.55 Å². The summed E-state index contributed by atoms with van der Waals surface area (Å²) in [5, 5.41) is 0. The van der Waals surface area contributed by atoms with Gasteiger partial charge in [0.1, 0.15) is 16.1 Å². The van der Waals surface area contributed by atoms with Crippen LogP contribution in [0, 0.1) is 0 Å². The van der Waals surface area contributed by atoms with Gasteiger partial charge in [-0.25, -0.2) is 0 Å². The van der Waals surface area contributed by atoms with Gasteiger partial charge >= 0.3 is 0 Å². The Labute approximate surface area is 113 Å². The van der Waals surface area contributed by atoms with Crippen molar-refractivity contribution in [1.82, 2.24) is 0 Å². The van der Waals surface area contributed by atoms with Gasteiger partial charge in [-0.05, 0) is 33.3 Å². The molecule has 0 fully saturated rings. The molecule has 0 aliphatic heterocycles. The molecule has 18 heavy (non-hydrogen) atoms. The number of benzene rings is 1. The Hall–Kier alpha value is -0.840. The third-order valence-corrected chi connectivity index (χ3v) is 3.61. The summed E-state index contributed by atoms with van der Waals surface area (Å²) >= 11 is -1.22. The van der Waals surface area contributed by atoms with Crippen molar-refractivity contribution in [3.8, 4) is 0 Å². The smallest absolute Gasteiger partial charge is 0.144 e. The molecular weight excluding hydrogens is 246 g/mol. The summed E-state index contributed by atoms with van der Waals surface area (Å²) in [6.07, 6.45) is 1.47. The van der Waals surface area contributed by atoms with Crippen molar-refractivity contribution in [2.45, 2.75) is 45.2 Å². The number of rotatable bonds is 5. The van der Waals surface area contributed by atoms with Gasteiger partial charge in [0, 0.05) is 0 Å². The van der Waals surface area contributed by atoms with E-state index >= 15 is 0 Å². The summed E-state index contributed by atoms with van der Waals surface area (Å²) < 4.78 is 21.0. The summed E-state index contributed by atoms with van der Waals surface area (Å²) in [5.74, 6) is 0. The zero-order valence-electron chi connectivity index (χ0n) is 11.4. The molecule has 0 N–H and O–H groups in total.